The van der Waals surface area contributed by atoms with E-state index in [4.69, 9.17) is 4.74 Å². The number of ether oxygens (including phenoxy) is 1. The lowest BCUT2D eigenvalue weighted by atomic mass is 10.1. The zero-order valence-electron chi connectivity index (χ0n) is 22.9. The van der Waals surface area contributed by atoms with Gasteiger partial charge in [0.2, 0.25) is 0 Å². The Kier molecular flexibility index (Phi) is 7.39. The molecule has 2 aromatic carbocycles. The summed E-state index contributed by atoms with van der Waals surface area (Å²) in [6.45, 7) is 4.72. The molecule has 41 heavy (non-hydrogen) atoms. The Hall–Kier alpha value is -4.70. The van der Waals surface area contributed by atoms with Crippen LogP contribution in [-0.4, -0.2) is 55.2 Å². The van der Waals surface area contributed by atoms with Crippen molar-refractivity contribution in [1.82, 2.24) is 29.6 Å². The van der Waals surface area contributed by atoms with Crippen LogP contribution < -0.4 is 10.1 Å². The molecule has 6 rings (SSSR count). The Morgan fingerprint density at radius 2 is 1.93 bits per heavy atom. The van der Waals surface area contributed by atoms with E-state index >= 15 is 0 Å². The Morgan fingerprint density at radius 3 is 2.63 bits per heavy atom. The van der Waals surface area contributed by atoms with Crippen molar-refractivity contribution < 1.29 is 13.9 Å². The van der Waals surface area contributed by atoms with Crippen molar-refractivity contribution >= 4 is 22.8 Å². The molecule has 3 aromatic heterocycles. The lowest BCUT2D eigenvalue weighted by Gasteiger charge is -2.22. The molecular weight excluding hydrogens is 521 g/mol. The standard InChI is InChI=1S/C31H30FN7O2/c1-20-4-3-13-38(20)19-23-15-27-29(39(23)18-21-5-8-24(41-2)9-6-21)16-30(37-36-27)35-31(40)25-10-7-22(14-26(25)32)28-17-33-11-12-34-28/h5-12,14-17,20H,3-4,13,18-19H2,1-2H3,(H,35,37,40)/t20-/m0/s1. The number of rotatable bonds is 8. The molecule has 4 heterocycles. The molecule has 208 valence electrons. The minimum Gasteiger partial charge on any atom is -0.497 e. The van der Waals surface area contributed by atoms with Gasteiger partial charge in [-0.2, -0.15) is 0 Å². The van der Waals surface area contributed by atoms with Gasteiger partial charge in [0.25, 0.3) is 5.91 Å². The van der Waals surface area contributed by atoms with Crippen LogP contribution in [-0.2, 0) is 13.1 Å². The summed E-state index contributed by atoms with van der Waals surface area (Å²) >= 11 is 0. The van der Waals surface area contributed by atoms with Gasteiger partial charge in [-0.15, -0.1) is 10.2 Å². The van der Waals surface area contributed by atoms with Crippen LogP contribution in [0, 0.1) is 5.82 Å². The van der Waals surface area contributed by atoms with E-state index in [0.29, 0.717) is 23.8 Å². The summed E-state index contributed by atoms with van der Waals surface area (Å²) in [5, 5.41) is 11.4. The summed E-state index contributed by atoms with van der Waals surface area (Å²) in [5.41, 5.74) is 4.75. The van der Waals surface area contributed by atoms with E-state index in [1.807, 2.05) is 24.3 Å². The van der Waals surface area contributed by atoms with E-state index < -0.39 is 11.7 Å². The van der Waals surface area contributed by atoms with Crippen molar-refractivity contribution in [2.75, 3.05) is 19.0 Å². The molecule has 1 aliphatic rings. The number of amides is 1. The molecule has 1 atom stereocenters. The van der Waals surface area contributed by atoms with Crippen molar-refractivity contribution in [3.63, 3.8) is 0 Å². The predicted molar refractivity (Wildman–Crippen MR) is 154 cm³/mol. The van der Waals surface area contributed by atoms with Gasteiger partial charge in [0.05, 0.1) is 30.1 Å². The Bertz CT molecular complexity index is 1690. The largest absolute Gasteiger partial charge is 0.497 e. The van der Waals surface area contributed by atoms with Gasteiger partial charge in [-0.25, -0.2) is 4.39 Å². The Balaban J connectivity index is 1.30. The monoisotopic (exact) mass is 551 g/mol. The summed E-state index contributed by atoms with van der Waals surface area (Å²) in [6.07, 6.45) is 6.99. The molecule has 10 heteroatoms. The zero-order chi connectivity index (χ0) is 28.3. The van der Waals surface area contributed by atoms with E-state index in [9.17, 15) is 9.18 Å². The van der Waals surface area contributed by atoms with E-state index in [0.717, 1.165) is 41.1 Å². The lowest BCUT2D eigenvalue weighted by molar-refractivity contribution is 0.102. The van der Waals surface area contributed by atoms with Crippen LogP contribution in [0.3, 0.4) is 0 Å². The summed E-state index contributed by atoms with van der Waals surface area (Å²) in [7, 11) is 1.65. The molecular formula is C31H30FN7O2. The number of benzene rings is 2. The third-order valence-electron chi connectivity index (χ3n) is 7.61. The number of anilines is 1. The van der Waals surface area contributed by atoms with Crippen molar-refractivity contribution in [3.05, 3.63) is 95.8 Å². The number of nitrogens with one attached hydrogen (secondary N) is 1. The molecule has 1 aliphatic heterocycles. The Morgan fingerprint density at radius 1 is 1.07 bits per heavy atom. The van der Waals surface area contributed by atoms with Crippen molar-refractivity contribution in [1.29, 1.82) is 0 Å². The first kappa shape index (κ1) is 26.5. The highest BCUT2D eigenvalue weighted by Gasteiger charge is 2.23. The van der Waals surface area contributed by atoms with Gasteiger partial charge in [0, 0.05) is 48.8 Å². The maximum Gasteiger partial charge on any atom is 0.259 e. The van der Waals surface area contributed by atoms with Crippen LogP contribution in [0.1, 0.15) is 41.4 Å². The van der Waals surface area contributed by atoms with Gasteiger partial charge in [0.1, 0.15) is 17.1 Å². The normalized spacial score (nSPS) is 15.3. The molecule has 0 aliphatic carbocycles. The van der Waals surface area contributed by atoms with Crippen molar-refractivity contribution in [2.45, 2.75) is 38.9 Å². The molecule has 1 amide bonds. The van der Waals surface area contributed by atoms with Gasteiger partial charge in [-0.05, 0) is 62.2 Å². The topological polar surface area (TPSA) is 98.1 Å². The van der Waals surface area contributed by atoms with Crippen LogP contribution >= 0.6 is 0 Å². The molecule has 0 unspecified atom stereocenters. The Labute approximate surface area is 237 Å². The third-order valence-corrected chi connectivity index (χ3v) is 7.61. The van der Waals surface area contributed by atoms with E-state index in [1.54, 1.807) is 31.6 Å². The number of carbonyl (C=O) groups is 1. The summed E-state index contributed by atoms with van der Waals surface area (Å²) in [5.74, 6) is -0.231. The number of methoxy groups -OCH3 is 1. The smallest absolute Gasteiger partial charge is 0.259 e. The fourth-order valence-electron chi connectivity index (χ4n) is 5.32. The summed E-state index contributed by atoms with van der Waals surface area (Å²) in [6, 6.07) is 16.7. The zero-order valence-corrected chi connectivity index (χ0v) is 22.9. The second kappa shape index (κ2) is 11.4. The predicted octanol–water partition coefficient (Wildman–Crippen LogP) is 5.32. The molecule has 9 nitrogen and oxygen atoms in total. The molecule has 0 bridgehead atoms. The van der Waals surface area contributed by atoms with Gasteiger partial charge in [0.15, 0.2) is 5.82 Å². The summed E-state index contributed by atoms with van der Waals surface area (Å²) in [4.78, 5) is 23.7. The van der Waals surface area contributed by atoms with Crippen LogP contribution in [0.25, 0.3) is 22.3 Å². The molecule has 0 spiro atoms. The van der Waals surface area contributed by atoms with Crippen LogP contribution in [0.2, 0.25) is 0 Å². The first-order chi connectivity index (χ1) is 20.0. The van der Waals surface area contributed by atoms with Crippen LogP contribution in [0.4, 0.5) is 10.2 Å². The van der Waals surface area contributed by atoms with Gasteiger partial charge >= 0.3 is 0 Å². The molecule has 0 radical (unpaired) electrons. The van der Waals surface area contributed by atoms with Gasteiger partial charge in [-0.3, -0.25) is 19.7 Å². The van der Waals surface area contributed by atoms with E-state index in [1.165, 1.54) is 31.2 Å². The third kappa shape index (κ3) is 5.64. The minimum atomic E-state index is -0.662. The molecule has 1 saturated heterocycles. The SMILES string of the molecule is COc1ccc(Cn2c(CN3CCC[C@@H]3C)cc3nnc(NC(=O)c4ccc(-c5cnccn5)cc4F)cc32)cc1. The molecule has 1 N–H and O–H groups in total. The van der Waals surface area contributed by atoms with Crippen LogP contribution in [0.15, 0.2) is 73.2 Å². The second-order valence-corrected chi connectivity index (χ2v) is 10.3. The number of hydrogen-bond donors (Lipinski definition) is 1. The molecule has 0 saturated carbocycles. The minimum absolute atomic E-state index is 0.100. The van der Waals surface area contributed by atoms with Crippen molar-refractivity contribution in [2.24, 2.45) is 0 Å². The highest BCUT2D eigenvalue weighted by atomic mass is 19.1. The number of aromatic nitrogens is 5. The summed E-state index contributed by atoms with van der Waals surface area (Å²) < 4.78 is 22.5. The number of hydrogen-bond acceptors (Lipinski definition) is 7. The number of nitrogens with zero attached hydrogens (tertiary/aromatic N) is 6. The maximum absolute atomic E-state index is 15.0. The number of likely N-dealkylation sites (tertiary alicyclic amines) is 1. The average molecular weight is 552 g/mol. The van der Waals surface area contributed by atoms with Crippen LogP contribution in [0.5, 0.6) is 5.75 Å². The quantitative estimate of drug-likeness (QED) is 0.279. The highest BCUT2D eigenvalue weighted by Crippen LogP contribution is 2.27. The van der Waals surface area contributed by atoms with Gasteiger partial charge < -0.3 is 14.6 Å². The lowest BCUT2D eigenvalue weighted by Crippen LogP contribution is -2.27. The molecule has 1 fully saturated rings. The second-order valence-electron chi connectivity index (χ2n) is 10.3. The fraction of sp³-hybridized carbons (Fsp3) is 0.258. The maximum atomic E-state index is 15.0. The van der Waals surface area contributed by atoms with E-state index in [2.05, 4.69) is 47.9 Å². The average Bonchev–Trinajstić information content (AvgIpc) is 3.55. The number of halogens is 1. The molecule has 5 aromatic rings. The first-order valence-electron chi connectivity index (χ1n) is 13.6. The van der Waals surface area contributed by atoms with E-state index in [-0.39, 0.29) is 11.4 Å². The first-order valence-corrected chi connectivity index (χ1v) is 13.6. The number of fused-ring (bicyclic) bond motifs is 1. The van der Waals surface area contributed by atoms with Gasteiger partial charge in [-0.1, -0.05) is 18.2 Å². The fourth-order valence-corrected chi connectivity index (χ4v) is 5.32. The number of carbonyl (C=O) groups excluding carboxylic acids is 1. The highest BCUT2D eigenvalue weighted by molar-refractivity contribution is 6.04. The van der Waals surface area contributed by atoms with Crippen molar-refractivity contribution in [3.8, 4) is 17.0 Å².